The zero-order valence-electron chi connectivity index (χ0n) is 14.1. The average molecular weight is 361 g/mol. The zero-order chi connectivity index (χ0) is 18.1. The number of aryl methyl sites for hydroxylation is 1. The highest BCUT2D eigenvalue weighted by molar-refractivity contribution is 7.16. The number of hydrogen-bond donors (Lipinski definition) is 0. The van der Waals surface area contributed by atoms with Crippen LogP contribution in [0, 0.1) is 6.92 Å². The van der Waals surface area contributed by atoms with Crippen LogP contribution in [-0.2, 0) is 6.42 Å². The zero-order valence-corrected chi connectivity index (χ0v) is 14.9. The lowest BCUT2D eigenvalue weighted by Gasteiger charge is -2.04. The van der Waals surface area contributed by atoms with Crippen molar-refractivity contribution < 1.29 is 9.21 Å². The highest BCUT2D eigenvalue weighted by atomic mass is 32.1. The highest BCUT2D eigenvalue weighted by Crippen LogP contribution is 2.21. The van der Waals surface area contributed by atoms with Gasteiger partial charge in [0.2, 0.25) is 5.89 Å². The van der Waals surface area contributed by atoms with Crippen molar-refractivity contribution in [3.63, 3.8) is 0 Å². The van der Waals surface area contributed by atoms with E-state index >= 15 is 0 Å². The van der Waals surface area contributed by atoms with E-state index < -0.39 is 0 Å². The predicted octanol–water partition coefficient (Wildman–Crippen LogP) is 4.38. The molecule has 2 aromatic carbocycles. The first-order valence-corrected chi connectivity index (χ1v) is 9.06. The highest BCUT2D eigenvalue weighted by Gasteiger charge is 2.12. The Bertz CT molecular complexity index is 1140. The molecule has 4 nitrogen and oxygen atoms in total. The molecule has 0 N–H and O–H groups in total. The summed E-state index contributed by atoms with van der Waals surface area (Å²) in [7, 11) is 0. The van der Waals surface area contributed by atoms with Crippen LogP contribution in [0.5, 0.6) is 0 Å². The lowest BCUT2D eigenvalue weighted by Crippen LogP contribution is -2.05. The molecule has 0 atom stereocenters. The van der Waals surface area contributed by atoms with E-state index in [1.165, 1.54) is 11.3 Å². The van der Waals surface area contributed by atoms with Crippen LogP contribution in [0.2, 0.25) is 0 Å². The van der Waals surface area contributed by atoms with Crippen molar-refractivity contribution in [3.8, 4) is 0 Å². The minimum absolute atomic E-state index is 0.0164. The van der Waals surface area contributed by atoms with Crippen LogP contribution >= 0.6 is 11.3 Å². The number of nitrogens with zero attached hydrogens (tertiary/aromatic N) is 1. The molecule has 0 spiro atoms. The molecule has 0 bridgehead atoms. The Balaban J connectivity index is 1.58. The fourth-order valence-electron chi connectivity index (χ4n) is 2.84. The molecule has 0 aliphatic rings. The van der Waals surface area contributed by atoms with E-state index in [4.69, 9.17) is 4.42 Å². The molecular weight excluding hydrogens is 346 g/mol. The van der Waals surface area contributed by atoms with Crippen LogP contribution in [0.4, 0.5) is 0 Å². The average Bonchev–Trinajstić information content (AvgIpc) is 3.04. The van der Waals surface area contributed by atoms with Gasteiger partial charge in [-0.1, -0.05) is 54.6 Å². The summed E-state index contributed by atoms with van der Waals surface area (Å²) in [5, 5.41) is 2.46. The minimum Gasteiger partial charge on any atom is -0.407 e. The molecule has 0 saturated heterocycles. The van der Waals surface area contributed by atoms with Gasteiger partial charge < -0.3 is 4.42 Å². The summed E-state index contributed by atoms with van der Waals surface area (Å²) >= 11 is 1.44. The van der Waals surface area contributed by atoms with E-state index in [1.54, 1.807) is 24.3 Å². The summed E-state index contributed by atoms with van der Waals surface area (Å²) in [5.74, 6) is 0.365. The number of carbonyl (C=O) groups excluding carboxylic acids is 1. The number of thiophene rings is 1. The van der Waals surface area contributed by atoms with Crippen molar-refractivity contribution in [2.75, 3.05) is 0 Å². The second-order valence-corrected chi connectivity index (χ2v) is 6.92. The van der Waals surface area contributed by atoms with Gasteiger partial charge in [0.25, 0.3) is 0 Å². The first-order chi connectivity index (χ1) is 12.6. The maximum Gasteiger partial charge on any atom is 0.348 e. The molecule has 0 unspecified atom stereocenters. The van der Waals surface area contributed by atoms with Crippen LogP contribution in [0.15, 0.2) is 69.2 Å². The SMILES string of the molecule is Cc1csc2nc(Cc3ccc(C(=O)c4ccccc4)cc3)oc(=O)c12. The summed E-state index contributed by atoms with van der Waals surface area (Å²) in [6, 6.07) is 16.5. The van der Waals surface area contributed by atoms with Crippen LogP contribution < -0.4 is 5.63 Å². The largest absolute Gasteiger partial charge is 0.407 e. The third kappa shape index (κ3) is 3.09. The first-order valence-electron chi connectivity index (χ1n) is 8.18. The van der Waals surface area contributed by atoms with Crippen LogP contribution in [0.3, 0.4) is 0 Å². The third-order valence-electron chi connectivity index (χ3n) is 4.20. The Kier molecular flexibility index (Phi) is 4.22. The lowest BCUT2D eigenvalue weighted by atomic mass is 10.0. The molecule has 26 heavy (non-hydrogen) atoms. The maximum absolute atomic E-state index is 12.4. The van der Waals surface area contributed by atoms with Crippen LogP contribution in [-0.4, -0.2) is 10.8 Å². The molecule has 5 heteroatoms. The van der Waals surface area contributed by atoms with Gasteiger partial charge in [0.15, 0.2) is 5.78 Å². The number of ketones is 1. The maximum atomic E-state index is 12.4. The van der Waals surface area contributed by atoms with Gasteiger partial charge in [-0.15, -0.1) is 11.3 Å². The molecule has 128 valence electrons. The summed E-state index contributed by atoms with van der Waals surface area (Å²) in [5.41, 5.74) is 2.75. The number of fused-ring (bicyclic) bond motifs is 1. The Morgan fingerprint density at radius 1 is 1.04 bits per heavy atom. The van der Waals surface area contributed by atoms with Gasteiger partial charge in [-0.25, -0.2) is 9.78 Å². The minimum atomic E-state index is -0.348. The van der Waals surface area contributed by atoms with Gasteiger partial charge in [0, 0.05) is 17.5 Å². The number of rotatable bonds is 4. The Morgan fingerprint density at radius 2 is 1.73 bits per heavy atom. The van der Waals surface area contributed by atoms with Crippen molar-refractivity contribution in [3.05, 3.63) is 98.5 Å². The molecular formula is C21H15NO3S. The predicted molar refractivity (Wildman–Crippen MR) is 102 cm³/mol. The topological polar surface area (TPSA) is 60.2 Å². The quantitative estimate of drug-likeness (QED) is 0.506. The summed E-state index contributed by atoms with van der Waals surface area (Å²) in [6.45, 7) is 1.87. The Hall–Kier alpha value is -3.05. The lowest BCUT2D eigenvalue weighted by molar-refractivity contribution is 0.103. The van der Waals surface area contributed by atoms with E-state index in [0.717, 1.165) is 11.1 Å². The van der Waals surface area contributed by atoms with E-state index in [1.807, 2.05) is 42.6 Å². The van der Waals surface area contributed by atoms with E-state index in [0.29, 0.717) is 33.7 Å². The Morgan fingerprint density at radius 3 is 2.46 bits per heavy atom. The third-order valence-corrected chi connectivity index (χ3v) is 5.19. The van der Waals surface area contributed by atoms with E-state index in [9.17, 15) is 9.59 Å². The smallest absolute Gasteiger partial charge is 0.348 e. The summed E-state index contributed by atoms with van der Waals surface area (Å²) < 4.78 is 5.35. The fraction of sp³-hybridized carbons (Fsp3) is 0.0952. The van der Waals surface area contributed by atoms with Gasteiger partial charge in [0.1, 0.15) is 4.83 Å². The molecule has 0 aliphatic carbocycles. The van der Waals surface area contributed by atoms with Crippen molar-refractivity contribution in [2.45, 2.75) is 13.3 Å². The molecule has 4 rings (SSSR count). The standard InChI is InChI=1S/C21H15NO3S/c1-13-12-26-20-18(13)21(24)25-17(22-20)11-14-7-9-16(10-8-14)19(23)15-5-3-2-4-6-15/h2-10,12H,11H2,1H3. The second kappa shape index (κ2) is 6.69. The van der Waals surface area contributed by atoms with Crippen molar-refractivity contribution >= 4 is 27.3 Å². The van der Waals surface area contributed by atoms with Crippen LogP contribution in [0.1, 0.15) is 32.9 Å². The molecule has 0 amide bonds. The monoisotopic (exact) mass is 361 g/mol. The second-order valence-electron chi connectivity index (χ2n) is 6.06. The van der Waals surface area contributed by atoms with E-state index in [-0.39, 0.29) is 11.4 Å². The van der Waals surface area contributed by atoms with Gasteiger partial charge >= 0.3 is 5.63 Å². The summed E-state index contributed by atoms with van der Waals surface area (Å²) in [4.78, 5) is 29.7. The van der Waals surface area contributed by atoms with Gasteiger partial charge in [-0.3, -0.25) is 4.79 Å². The van der Waals surface area contributed by atoms with Crippen molar-refractivity contribution in [1.29, 1.82) is 0 Å². The normalized spacial score (nSPS) is 11.0. The molecule has 2 aromatic heterocycles. The molecule has 4 aromatic rings. The molecule has 0 saturated carbocycles. The Labute approximate surface area is 153 Å². The molecule has 0 radical (unpaired) electrons. The van der Waals surface area contributed by atoms with Gasteiger partial charge in [-0.05, 0) is 23.4 Å². The van der Waals surface area contributed by atoms with Gasteiger partial charge in [0.05, 0.1) is 5.39 Å². The molecule has 2 heterocycles. The molecule has 0 aliphatic heterocycles. The van der Waals surface area contributed by atoms with Crippen molar-refractivity contribution in [2.24, 2.45) is 0 Å². The number of hydrogen-bond acceptors (Lipinski definition) is 5. The van der Waals surface area contributed by atoms with Crippen molar-refractivity contribution in [1.82, 2.24) is 4.98 Å². The fourth-order valence-corrected chi connectivity index (χ4v) is 3.76. The first kappa shape index (κ1) is 16.4. The number of benzene rings is 2. The number of carbonyl (C=O) groups is 1. The number of aromatic nitrogens is 1. The summed E-state index contributed by atoms with van der Waals surface area (Å²) in [6.07, 6.45) is 0.405. The molecule has 0 fully saturated rings. The van der Waals surface area contributed by atoms with Crippen LogP contribution in [0.25, 0.3) is 10.2 Å². The van der Waals surface area contributed by atoms with E-state index in [2.05, 4.69) is 4.98 Å². The van der Waals surface area contributed by atoms with Gasteiger partial charge in [-0.2, -0.15) is 0 Å².